The molecule has 0 bridgehead atoms. The Hall–Kier alpha value is -1.92. The number of rotatable bonds is 8. The molecular weight excluding hydrogens is 410 g/mol. The smallest absolute Gasteiger partial charge is 0.253 e. The maximum absolute atomic E-state index is 11.7. The quantitative estimate of drug-likeness (QED) is 0.280. The Morgan fingerprint density at radius 1 is 1.26 bits per heavy atom. The van der Waals surface area contributed by atoms with Crippen LogP contribution in [0.5, 0.6) is 0 Å². The lowest BCUT2D eigenvalue weighted by Gasteiger charge is -2.09. The minimum atomic E-state index is -3.67. The molecular formula is C15H18ClN7O2S2. The second-order valence-corrected chi connectivity index (χ2v) is 8.73. The van der Waals surface area contributed by atoms with Gasteiger partial charge in [0.05, 0.1) is 16.5 Å². The highest BCUT2D eigenvalue weighted by Crippen LogP contribution is 2.24. The molecule has 0 amide bonds. The van der Waals surface area contributed by atoms with Crippen LogP contribution in [0, 0.1) is 0 Å². The molecule has 0 radical (unpaired) electrons. The van der Waals surface area contributed by atoms with Crippen molar-refractivity contribution >= 4 is 50.4 Å². The fourth-order valence-corrected chi connectivity index (χ4v) is 3.83. The average molecular weight is 428 g/mol. The van der Waals surface area contributed by atoms with Crippen LogP contribution in [0.1, 0.15) is 5.56 Å². The lowest BCUT2D eigenvalue weighted by molar-refractivity contribution is 0.594. The highest BCUT2D eigenvalue weighted by molar-refractivity contribution is 7.99. The van der Waals surface area contributed by atoms with E-state index >= 15 is 0 Å². The second kappa shape index (κ2) is 8.40. The molecule has 0 aliphatic carbocycles. The number of hydrogen-bond acceptors (Lipinski definition) is 8. The second-order valence-electron chi connectivity index (χ2n) is 5.58. The molecule has 3 rings (SSSR count). The third-order valence-electron chi connectivity index (χ3n) is 3.72. The Balaban J connectivity index is 1.82. The van der Waals surface area contributed by atoms with Gasteiger partial charge in [0.2, 0.25) is 0 Å². The summed E-state index contributed by atoms with van der Waals surface area (Å²) in [4.78, 5) is 9.15. The normalized spacial score (nSPS) is 11.8. The maximum Gasteiger partial charge on any atom is 0.253 e. The summed E-state index contributed by atoms with van der Waals surface area (Å²) in [6.45, 7) is 0.989. The van der Waals surface area contributed by atoms with Gasteiger partial charge in [-0.3, -0.25) is 4.68 Å². The Bertz CT molecular complexity index is 1040. The van der Waals surface area contributed by atoms with Gasteiger partial charge in [0, 0.05) is 25.9 Å². The third kappa shape index (κ3) is 4.50. The minimum absolute atomic E-state index is 0.0957. The largest absolute Gasteiger partial charge is 0.365 e. The van der Waals surface area contributed by atoms with Gasteiger partial charge in [-0.25, -0.2) is 18.4 Å². The van der Waals surface area contributed by atoms with Gasteiger partial charge in [-0.15, -0.1) is 4.24 Å². The highest BCUT2D eigenvalue weighted by Gasteiger charge is 2.13. The summed E-state index contributed by atoms with van der Waals surface area (Å²) in [5, 5.41) is 8.93. The molecule has 1 aromatic carbocycles. The first kappa shape index (κ1) is 19.8. The van der Waals surface area contributed by atoms with E-state index < -0.39 is 10.0 Å². The van der Waals surface area contributed by atoms with Gasteiger partial charge in [0.25, 0.3) is 10.0 Å². The van der Waals surface area contributed by atoms with E-state index in [9.17, 15) is 8.42 Å². The monoisotopic (exact) mass is 427 g/mol. The number of aryl methyl sites for hydroxylation is 1. The number of benzene rings is 1. The number of anilines is 1. The molecule has 0 aliphatic heterocycles. The van der Waals surface area contributed by atoms with Crippen molar-refractivity contribution in [3.63, 3.8) is 0 Å². The van der Waals surface area contributed by atoms with Crippen LogP contribution in [0.25, 0.3) is 11.0 Å². The molecule has 0 saturated carbocycles. The van der Waals surface area contributed by atoms with Crippen LogP contribution in [0.4, 0.5) is 5.82 Å². The van der Waals surface area contributed by atoms with Crippen LogP contribution in [-0.2, 0) is 23.6 Å². The summed E-state index contributed by atoms with van der Waals surface area (Å²) >= 11 is 6.71. The number of sulfonamides is 1. The summed E-state index contributed by atoms with van der Waals surface area (Å²) in [5.41, 5.74) is 7.17. The molecule has 2 aromatic heterocycles. The zero-order chi connectivity index (χ0) is 19.4. The first-order valence-electron chi connectivity index (χ1n) is 7.92. The molecule has 0 aliphatic rings. The van der Waals surface area contributed by atoms with Crippen LogP contribution >= 0.6 is 23.5 Å². The minimum Gasteiger partial charge on any atom is -0.365 e. The van der Waals surface area contributed by atoms with E-state index in [1.54, 1.807) is 27.3 Å². The van der Waals surface area contributed by atoms with E-state index in [-0.39, 0.29) is 4.90 Å². The summed E-state index contributed by atoms with van der Waals surface area (Å²) in [7, 11) is -1.85. The van der Waals surface area contributed by atoms with Gasteiger partial charge in [-0.1, -0.05) is 23.9 Å². The van der Waals surface area contributed by atoms with Gasteiger partial charge in [0.1, 0.15) is 5.82 Å². The van der Waals surface area contributed by atoms with Crippen molar-refractivity contribution in [3.05, 3.63) is 36.0 Å². The van der Waals surface area contributed by atoms with Crippen molar-refractivity contribution in [2.45, 2.75) is 16.6 Å². The summed E-state index contributed by atoms with van der Waals surface area (Å²) in [5.74, 6) is 1.37. The van der Waals surface area contributed by atoms with Crippen molar-refractivity contribution in [2.24, 2.45) is 12.8 Å². The number of nitrogens with one attached hydrogen (secondary N) is 2. The van der Waals surface area contributed by atoms with Crippen molar-refractivity contribution in [1.82, 2.24) is 24.0 Å². The molecule has 0 spiro atoms. The molecule has 0 fully saturated rings. The predicted molar refractivity (Wildman–Crippen MR) is 106 cm³/mol. The van der Waals surface area contributed by atoms with E-state index in [4.69, 9.17) is 17.5 Å². The summed E-state index contributed by atoms with van der Waals surface area (Å²) in [6.07, 6.45) is 1.71. The highest BCUT2D eigenvalue weighted by atomic mass is 35.5. The third-order valence-corrected chi connectivity index (χ3v) is 6.30. The van der Waals surface area contributed by atoms with Gasteiger partial charge in [-0.05, 0) is 29.5 Å². The Morgan fingerprint density at radius 2 is 2.00 bits per heavy atom. The Labute approximate surface area is 165 Å². The topological polar surface area (TPSA) is 128 Å². The van der Waals surface area contributed by atoms with Crippen LogP contribution < -0.4 is 15.3 Å². The number of hydrogen-bond donors (Lipinski definition) is 3. The number of nitrogens with two attached hydrogens (primary N) is 1. The van der Waals surface area contributed by atoms with Crippen molar-refractivity contribution in [2.75, 3.05) is 17.6 Å². The number of halogens is 1. The fraction of sp³-hybridized carbons (Fsp3) is 0.267. The molecule has 0 atom stereocenters. The van der Waals surface area contributed by atoms with Gasteiger partial charge in [-0.2, -0.15) is 5.10 Å². The molecule has 144 valence electrons. The Kier molecular flexibility index (Phi) is 6.17. The van der Waals surface area contributed by atoms with E-state index in [1.165, 1.54) is 23.9 Å². The van der Waals surface area contributed by atoms with Crippen LogP contribution in [0.15, 0.2) is 40.5 Å². The first-order chi connectivity index (χ1) is 12.9. The molecule has 9 nitrogen and oxygen atoms in total. The van der Waals surface area contributed by atoms with Crippen LogP contribution in [0.3, 0.4) is 0 Å². The maximum atomic E-state index is 11.7. The first-order valence-corrected chi connectivity index (χ1v) is 10.8. The standard InChI is InChI=1S/C15H18ClN7O2S2/c1-23-14-12(9-19-23)13(20-15(21-14)26-7-6-17)18-8-10-2-4-11(5-3-10)27(24,25)22-16/h2-5,9,22H,6-8,17H2,1H3,(H,18,20,21). The van der Waals surface area contributed by atoms with E-state index in [2.05, 4.69) is 20.4 Å². The lowest BCUT2D eigenvalue weighted by Crippen LogP contribution is -2.13. The Morgan fingerprint density at radius 3 is 2.67 bits per heavy atom. The van der Waals surface area contributed by atoms with E-state index in [0.717, 1.165) is 16.6 Å². The molecule has 27 heavy (non-hydrogen) atoms. The lowest BCUT2D eigenvalue weighted by atomic mass is 10.2. The molecule has 4 N–H and O–H groups in total. The number of nitrogens with zero attached hydrogens (tertiary/aromatic N) is 4. The van der Waals surface area contributed by atoms with Gasteiger partial charge >= 0.3 is 0 Å². The van der Waals surface area contributed by atoms with Crippen molar-refractivity contribution < 1.29 is 8.42 Å². The zero-order valence-corrected chi connectivity index (χ0v) is 16.8. The van der Waals surface area contributed by atoms with Gasteiger partial charge in [0.15, 0.2) is 10.8 Å². The van der Waals surface area contributed by atoms with Crippen LogP contribution in [-0.4, -0.2) is 40.5 Å². The number of thioether (sulfide) groups is 1. The predicted octanol–water partition coefficient (Wildman–Crippen LogP) is 1.46. The fourth-order valence-electron chi connectivity index (χ4n) is 2.37. The molecule has 12 heteroatoms. The number of fused-ring (bicyclic) bond motifs is 1. The van der Waals surface area contributed by atoms with Crippen molar-refractivity contribution in [3.8, 4) is 0 Å². The molecule has 2 heterocycles. The van der Waals surface area contributed by atoms with E-state index in [0.29, 0.717) is 29.8 Å². The molecule has 3 aromatic rings. The van der Waals surface area contributed by atoms with E-state index in [1.807, 2.05) is 7.05 Å². The zero-order valence-electron chi connectivity index (χ0n) is 14.4. The summed E-state index contributed by atoms with van der Waals surface area (Å²) in [6, 6.07) is 6.40. The number of aromatic nitrogens is 4. The average Bonchev–Trinajstić information content (AvgIpc) is 3.06. The SMILES string of the molecule is Cn1ncc2c(NCc3ccc(S(=O)(=O)NCl)cc3)nc(SCCN)nc21. The van der Waals surface area contributed by atoms with Crippen molar-refractivity contribution in [1.29, 1.82) is 0 Å². The van der Waals surface area contributed by atoms with Gasteiger partial charge < -0.3 is 11.1 Å². The molecule has 0 saturated heterocycles. The summed E-state index contributed by atoms with van der Waals surface area (Å²) < 4.78 is 26.8. The van der Waals surface area contributed by atoms with Crippen LogP contribution in [0.2, 0.25) is 0 Å². The molecule has 0 unspecified atom stereocenters.